The van der Waals surface area contributed by atoms with E-state index in [0.29, 0.717) is 12.2 Å². The summed E-state index contributed by atoms with van der Waals surface area (Å²) < 4.78 is 5.17. The topological polar surface area (TPSA) is 91.4 Å². The van der Waals surface area contributed by atoms with Crippen LogP contribution >= 0.6 is 0 Å². The maximum Gasteiger partial charge on any atom is 0.293 e. The zero-order chi connectivity index (χ0) is 18.4. The van der Waals surface area contributed by atoms with Crippen LogP contribution in [0, 0.1) is 21.4 Å². The van der Waals surface area contributed by atoms with E-state index in [1.165, 1.54) is 6.07 Å². The number of nitro groups is 1. The Kier molecular flexibility index (Phi) is 5.93. The Morgan fingerprint density at radius 2 is 1.96 bits per heavy atom. The van der Waals surface area contributed by atoms with Crippen LogP contribution in [0.25, 0.3) is 0 Å². The molecule has 1 N–H and O–H groups in total. The molecule has 0 aromatic heterocycles. The standard InChI is InChI=1S/C18H20N4O3/c1-21(2)18(14-5-7-15(25-3)8-6-14)12-20-16-9-4-13(11-19)10-17(16)22(23)24/h4-10,18,20H,12H2,1-3H3. The van der Waals surface area contributed by atoms with Crippen molar-refractivity contribution in [1.82, 2.24) is 4.90 Å². The summed E-state index contributed by atoms with van der Waals surface area (Å²) >= 11 is 0. The molecule has 2 rings (SSSR count). The minimum absolute atomic E-state index is 0.0150. The van der Waals surface area contributed by atoms with Crippen LogP contribution in [0.15, 0.2) is 42.5 Å². The zero-order valence-electron chi connectivity index (χ0n) is 14.4. The third-order valence-corrected chi connectivity index (χ3v) is 3.93. The van der Waals surface area contributed by atoms with Crippen LogP contribution < -0.4 is 10.1 Å². The molecule has 0 saturated carbocycles. The molecule has 7 nitrogen and oxygen atoms in total. The fourth-order valence-electron chi connectivity index (χ4n) is 2.53. The van der Waals surface area contributed by atoms with Gasteiger partial charge in [-0.15, -0.1) is 0 Å². The summed E-state index contributed by atoms with van der Waals surface area (Å²) in [6.07, 6.45) is 0. The van der Waals surface area contributed by atoms with E-state index >= 15 is 0 Å². The molecule has 7 heteroatoms. The van der Waals surface area contributed by atoms with Gasteiger partial charge in [0.15, 0.2) is 0 Å². The number of likely N-dealkylation sites (N-methyl/N-ethyl adjacent to an activating group) is 1. The lowest BCUT2D eigenvalue weighted by Gasteiger charge is -2.25. The Labute approximate surface area is 146 Å². The van der Waals surface area contributed by atoms with Crippen molar-refractivity contribution in [2.45, 2.75) is 6.04 Å². The third-order valence-electron chi connectivity index (χ3n) is 3.93. The molecule has 0 amide bonds. The second kappa shape index (κ2) is 8.13. The Morgan fingerprint density at radius 3 is 2.48 bits per heavy atom. The quantitative estimate of drug-likeness (QED) is 0.615. The molecule has 0 aliphatic heterocycles. The predicted octanol–water partition coefficient (Wildman–Crippen LogP) is 3.19. The molecule has 1 unspecified atom stereocenters. The van der Waals surface area contributed by atoms with Crippen LogP contribution in [0.3, 0.4) is 0 Å². The van der Waals surface area contributed by atoms with Gasteiger partial charge in [-0.1, -0.05) is 12.1 Å². The molecule has 0 spiro atoms. The van der Waals surface area contributed by atoms with E-state index in [4.69, 9.17) is 10.00 Å². The second-order valence-electron chi connectivity index (χ2n) is 5.73. The second-order valence-corrected chi connectivity index (χ2v) is 5.73. The molecule has 2 aromatic carbocycles. The van der Waals surface area contributed by atoms with E-state index in [2.05, 4.69) is 5.32 Å². The van der Waals surface area contributed by atoms with Crippen molar-refractivity contribution in [1.29, 1.82) is 5.26 Å². The molecule has 2 aromatic rings. The van der Waals surface area contributed by atoms with Gasteiger partial charge in [-0.05, 0) is 43.9 Å². The fraction of sp³-hybridized carbons (Fsp3) is 0.278. The average molecular weight is 340 g/mol. The maximum atomic E-state index is 11.2. The first-order valence-electron chi connectivity index (χ1n) is 7.69. The van der Waals surface area contributed by atoms with Crippen LogP contribution in [-0.4, -0.2) is 37.6 Å². The number of methoxy groups -OCH3 is 1. The number of nitriles is 1. The van der Waals surface area contributed by atoms with Crippen molar-refractivity contribution < 1.29 is 9.66 Å². The number of benzene rings is 2. The Morgan fingerprint density at radius 1 is 1.28 bits per heavy atom. The van der Waals surface area contributed by atoms with Crippen molar-refractivity contribution in [3.05, 3.63) is 63.7 Å². The molecule has 0 saturated heterocycles. The molecule has 1 atom stereocenters. The van der Waals surface area contributed by atoms with E-state index in [-0.39, 0.29) is 17.3 Å². The van der Waals surface area contributed by atoms with Gasteiger partial charge in [0.1, 0.15) is 11.4 Å². The van der Waals surface area contributed by atoms with Crippen molar-refractivity contribution in [2.75, 3.05) is 33.1 Å². The number of nitrogens with one attached hydrogen (secondary N) is 1. The third kappa shape index (κ3) is 4.46. The van der Waals surface area contributed by atoms with Crippen LogP contribution in [0.2, 0.25) is 0 Å². The van der Waals surface area contributed by atoms with Crippen LogP contribution in [0.4, 0.5) is 11.4 Å². The molecule has 25 heavy (non-hydrogen) atoms. The number of nitrogens with zero attached hydrogens (tertiary/aromatic N) is 3. The molecule has 130 valence electrons. The van der Waals surface area contributed by atoms with Crippen LogP contribution in [0.5, 0.6) is 5.75 Å². The van der Waals surface area contributed by atoms with Gasteiger partial charge in [0.2, 0.25) is 0 Å². The molecular formula is C18H20N4O3. The number of hydrogen-bond donors (Lipinski definition) is 1. The lowest BCUT2D eigenvalue weighted by atomic mass is 10.1. The zero-order valence-corrected chi connectivity index (χ0v) is 14.4. The monoisotopic (exact) mass is 340 g/mol. The summed E-state index contributed by atoms with van der Waals surface area (Å²) in [7, 11) is 5.51. The summed E-state index contributed by atoms with van der Waals surface area (Å²) in [5.41, 5.74) is 1.61. The fourth-order valence-corrected chi connectivity index (χ4v) is 2.53. The van der Waals surface area contributed by atoms with Gasteiger partial charge in [0, 0.05) is 12.6 Å². The van der Waals surface area contributed by atoms with Crippen molar-refractivity contribution in [2.24, 2.45) is 0 Å². The summed E-state index contributed by atoms with van der Waals surface area (Å²) in [4.78, 5) is 12.8. The molecule has 0 radical (unpaired) electrons. The highest BCUT2D eigenvalue weighted by molar-refractivity contribution is 5.64. The first-order chi connectivity index (χ1) is 12.0. The normalized spacial score (nSPS) is 11.6. The summed E-state index contributed by atoms with van der Waals surface area (Å²) in [6.45, 7) is 0.478. The highest BCUT2D eigenvalue weighted by Crippen LogP contribution is 2.27. The SMILES string of the molecule is COc1ccc(C(CNc2ccc(C#N)cc2[N+](=O)[O-])N(C)C)cc1. The van der Waals surface area contributed by atoms with Gasteiger partial charge in [-0.25, -0.2) is 0 Å². The Hall–Kier alpha value is -3.11. The maximum absolute atomic E-state index is 11.2. The highest BCUT2D eigenvalue weighted by atomic mass is 16.6. The van der Waals surface area contributed by atoms with Gasteiger partial charge >= 0.3 is 0 Å². The molecule has 0 heterocycles. The van der Waals surface area contributed by atoms with Gasteiger partial charge in [0.05, 0.1) is 29.7 Å². The lowest BCUT2D eigenvalue weighted by molar-refractivity contribution is -0.384. The summed E-state index contributed by atoms with van der Waals surface area (Å²) in [5.74, 6) is 0.775. The number of ether oxygens (including phenoxy) is 1. The summed E-state index contributed by atoms with van der Waals surface area (Å²) in [6, 6.07) is 14.1. The predicted molar refractivity (Wildman–Crippen MR) is 95.7 cm³/mol. The largest absolute Gasteiger partial charge is 0.497 e. The van der Waals surface area contributed by atoms with E-state index in [9.17, 15) is 10.1 Å². The minimum atomic E-state index is -0.485. The Balaban J connectivity index is 2.21. The number of rotatable bonds is 7. The van der Waals surface area contributed by atoms with E-state index in [1.807, 2.05) is 49.3 Å². The van der Waals surface area contributed by atoms with Gasteiger partial charge < -0.3 is 15.0 Å². The van der Waals surface area contributed by atoms with Gasteiger partial charge in [-0.3, -0.25) is 10.1 Å². The first kappa shape index (κ1) is 18.2. The molecule has 0 aliphatic rings. The minimum Gasteiger partial charge on any atom is -0.497 e. The molecule has 0 aliphatic carbocycles. The molecular weight excluding hydrogens is 320 g/mol. The smallest absolute Gasteiger partial charge is 0.293 e. The number of nitro benzene ring substituents is 1. The van der Waals surface area contributed by atoms with Gasteiger partial charge in [0.25, 0.3) is 5.69 Å². The van der Waals surface area contributed by atoms with Crippen LogP contribution in [0.1, 0.15) is 17.2 Å². The highest BCUT2D eigenvalue weighted by Gasteiger charge is 2.18. The molecule has 0 fully saturated rings. The van der Waals surface area contributed by atoms with Crippen molar-refractivity contribution in [3.63, 3.8) is 0 Å². The average Bonchev–Trinajstić information content (AvgIpc) is 2.62. The Bertz CT molecular complexity index is 782. The first-order valence-corrected chi connectivity index (χ1v) is 7.69. The summed E-state index contributed by atoms with van der Waals surface area (Å²) in [5, 5.41) is 23.3. The lowest BCUT2D eigenvalue weighted by Crippen LogP contribution is -2.27. The van der Waals surface area contributed by atoms with E-state index < -0.39 is 4.92 Å². The van der Waals surface area contributed by atoms with Gasteiger partial charge in [-0.2, -0.15) is 5.26 Å². The van der Waals surface area contributed by atoms with Crippen LogP contribution in [-0.2, 0) is 0 Å². The van der Waals surface area contributed by atoms with E-state index in [0.717, 1.165) is 11.3 Å². The van der Waals surface area contributed by atoms with E-state index in [1.54, 1.807) is 19.2 Å². The molecule has 0 bridgehead atoms. The number of anilines is 1. The number of hydrogen-bond acceptors (Lipinski definition) is 6. The van der Waals surface area contributed by atoms with Crippen molar-refractivity contribution >= 4 is 11.4 Å². The van der Waals surface area contributed by atoms with Crippen molar-refractivity contribution in [3.8, 4) is 11.8 Å².